The minimum atomic E-state index is 0.297. The molecule has 0 unspecified atom stereocenters. The first-order valence-electron chi connectivity index (χ1n) is 10.7. The topological polar surface area (TPSA) is 6.48 Å². The Bertz CT molecular complexity index is 907. The maximum Gasteiger partial charge on any atom is 0.0452 e. The minimum Gasteiger partial charge on any atom is -0.372 e. The van der Waals surface area contributed by atoms with Crippen LogP contribution in [0.5, 0.6) is 0 Å². The van der Waals surface area contributed by atoms with Crippen molar-refractivity contribution < 1.29 is 0 Å². The van der Waals surface area contributed by atoms with E-state index in [-0.39, 0.29) is 0 Å². The molecule has 0 bridgehead atoms. The number of hydrogen-bond acceptors (Lipinski definition) is 2. The van der Waals surface area contributed by atoms with E-state index in [1.165, 1.54) is 66.1 Å². The van der Waals surface area contributed by atoms with E-state index >= 15 is 0 Å². The third kappa shape index (κ3) is 2.88. The van der Waals surface area contributed by atoms with Gasteiger partial charge in [0.15, 0.2) is 0 Å². The van der Waals surface area contributed by atoms with Crippen LogP contribution in [0.4, 0.5) is 17.1 Å². The minimum absolute atomic E-state index is 0.297. The van der Waals surface area contributed by atoms with Crippen molar-refractivity contribution >= 4 is 17.1 Å². The monoisotopic (exact) mass is 368 g/mol. The van der Waals surface area contributed by atoms with Crippen molar-refractivity contribution in [2.24, 2.45) is 0 Å². The summed E-state index contributed by atoms with van der Waals surface area (Å²) in [5.41, 5.74) is 8.26. The van der Waals surface area contributed by atoms with Crippen molar-refractivity contribution in [1.29, 1.82) is 0 Å². The van der Waals surface area contributed by atoms with Gasteiger partial charge in [-0.2, -0.15) is 0 Å². The fourth-order valence-corrected chi connectivity index (χ4v) is 4.98. The third-order valence-electron chi connectivity index (χ3n) is 6.34. The summed E-state index contributed by atoms with van der Waals surface area (Å²) in [5.74, 6) is 0.297. The Hall–Kier alpha value is -2.74. The fraction of sp³-hybridized carbons (Fsp3) is 0.308. The van der Waals surface area contributed by atoms with Crippen LogP contribution in [-0.2, 0) is 0 Å². The highest BCUT2D eigenvalue weighted by Crippen LogP contribution is 2.48. The van der Waals surface area contributed by atoms with Crippen molar-refractivity contribution in [3.63, 3.8) is 0 Å². The summed E-state index contributed by atoms with van der Waals surface area (Å²) < 4.78 is 0. The van der Waals surface area contributed by atoms with Gasteiger partial charge < -0.3 is 9.80 Å². The summed E-state index contributed by atoms with van der Waals surface area (Å²) in [6, 6.07) is 27.2. The molecule has 1 fully saturated rings. The molecule has 28 heavy (non-hydrogen) atoms. The first-order chi connectivity index (χ1) is 13.9. The van der Waals surface area contributed by atoms with Crippen LogP contribution in [0.15, 0.2) is 72.8 Å². The number of nitrogens with zero attached hydrogens (tertiary/aromatic N) is 2. The maximum absolute atomic E-state index is 2.54. The Morgan fingerprint density at radius 2 is 1.29 bits per heavy atom. The lowest BCUT2D eigenvalue weighted by Gasteiger charge is -2.37. The van der Waals surface area contributed by atoms with E-state index in [9.17, 15) is 0 Å². The molecule has 2 heterocycles. The lowest BCUT2D eigenvalue weighted by atomic mass is 9.80. The van der Waals surface area contributed by atoms with Gasteiger partial charge in [-0.25, -0.2) is 0 Å². The van der Waals surface area contributed by atoms with Gasteiger partial charge in [-0.1, -0.05) is 48.5 Å². The molecule has 5 rings (SSSR count). The van der Waals surface area contributed by atoms with Crippen LogP contribution in [0.3, 0.4) is 0 Å². The smallest absolute Gasteiger partial charge is 0.0452 e. The zero-order valence-corrected chi connectivity index (χ0v) is 16.6. The van der Waals surface area contributed by atoms with E-state index in [2.05, 4.69) is 89.5 Å². The van der Waals surface area contributed by atoms with Crippen molar-refractivity contribution in [2.75, 3.05) is 29.4 Å². The number of benzene rings is 3. The van der Waals surface area contributed by atoms with E-state index in [1.807, 2.05) is 0 Å². The predicted molar refractivity (Wildman–Crippen MR) is 119 cm³/mol. The van der Waals surface area contributed by atoms with Crippen molar-refractivity contribution in [2.45, 2.75) is 32.1 Å². The van der Waals surface area contributed by atoms with E-state index < -0.39 is 0 Å². The number of para-hydroxylation sites is 2. The molecule has 2 aliphatic rings. The molecule has 3 aromatic rings. The Kier molecular flexibility index (Phi) is 4.56. The van der Waals surface area contributed by atoms with Gasteiger partial charge in [-0.05, 0) is 67.1 Å². The number of hydrogen-bond donors (Lipinski definition) is 0. The standard InChI is InChI=1S/C26H28N2/c1-2-28-24-12-6-4-10-22(24)26(23-11-5-7-13-25(23)28)20-14-16-21(17-15-20)27-18-8-3-9-19-27/h4-7,10-17,26H,2-3,8-9,18-19H2,1H3. The molecule has 0 saturated carbocycles. The molecule has 1 saturated heterocycles. The molecule has 0 atom stereocenters. The Morgan fingerprint density at radius 3 is 1.86 bits per heavy atom. The summed E-state index contributed by atoms with van der Waals surface area (Å²) in [6.07, 6.45) is 4.01. The van der Waals surface area contributed by atoms with Crippen molar-refractivity contribution in [3.05, 3.63) is 89.5 Å². The molecule has 0 radical (unpaired) electrons. The van der Waals surface area contributed by atoms with Gasteiger partial charge in [0.2, 0.25) is 0 Å². The summed E-state index contributed by atoms with van der Waals surface area (Å²) >= 11 is 0. The van der Waals surface area contributed by atoms with Gasteiger partial charge in [0.05, 0.1) is 0 Å². The van der Waals surface area contributed by atoms with Gasteiger partial charge in [0.1, 0.15) is 0 Å². The second kappa shape index (κ2) is 7.35. The quantitative estimate of drug-likeness (QED) is 0.533. The molecule has 3 aromatic carbocycles. The molecule has 2 heteroatoms. The van der Waals surface area contributed by atoms with Gasteiger partial charge in [0, 0.05) is 42.6 Å². The Morgan fingerprint density at radius 1 is 0.714 bits per heavy atom. The maximum atomic E-state index is 2.54. The van der Waals surface area contributed by atoms with Crippen LogP contribution < -0.4 is 9.80 Å². The fourth-order valence-electron chi connectivity index (χ4n) is 4.98. The Labute approximate surface area is 168 Å². The second-order valence-corrected chi connectivity index (χ2v) is 7.93. The molecule has 0 N–H and O–H groups in total. The van der Waals surface area contributed by atoms with E-state index in [1.54, 1.807) is 0 Å². The van der Waals surface area contributed by atoms with Gasteiger partial charge in [0.25, 0.3) is 0 Å². The summed E-state index contributed by atoms with van der Waals surface area (Å²) in [5, 5.41) is 0. The molecular formula is C26H28N2. The van der Waals surface area contributed by atoms with Crippen LogP contribution >= 0.6 is 0 Å². The van der Waals surface area contributed by atoms with Gasteiger partial charge in [-0.3, -0.25) is 0 Å². The third-order valence-corrected chi connectivity index (χ3v) is 6.34. The molecule has 2 nitrogen and oxygen atoms in total. The van der Waals surface area contributed by atoms with Crippen LogP contribution in [0.1, 0.15) is 48.8 Å². The van der Waals surface area contributed by atoms with E-state index in [4.69, 9.17) is 0 Å². The summed E-state index contributed by atoms with van der Waals surface area (Å²) in [6.45, 7) is 5.61. The summed E-state index contributed by atoms with van der Waals surface area (Å²) in [7, 11) is 0. The summed E-state index contributed by atoms with van der Waals surface area (Å²) in [4.78, 5) is 4.98. The van der Waals surface area contributed by atoms with E-state index in [0.29, 0.717) is 5.92 Å². The second-order valence-electron chi connectivity index (χ2n) is 7.93. The van der Waals surface area contributed by atoms with Crippen LogP contribution in [0.2, 0.25) is 0 Å². The van der Waals surface area contributed by atoms with Gasteiger partial charge >= 0.3 is 0 Å². The van der Waals surface area contributed by atoms with Crippen molar-refractivity contribution in [3.8, 4) is 0 Å². The number of rotatable bonds is 3. The van der Waals surface area contributed by atoms with Crippen LogP contribution in [0.25, 0.3) is 0 Å². The highest BCUT2D eigenvalue weighted by molar-refractivity contribution is 5.78. The zero-order valence-electron chi connectivity index (χ0n) is 16.6. The van der Waals surface area contributed by atoms with Crippen LogP contribution in [0, 0.1) is 0 Å². The first-order valence-corrected chi connectivity index (χ1v) is 10.7. The van der Waals surface area contributed by atoms with Crippen molar-refractivity contribution in [1.82, 2.24) is 0 Å². The molecule has 0 spiro atoms. The normalized spacial score (nSPS) is 16.6. The number of anilines is 3. The molecule has 0 amide bonds. The number of fused-ring (bicyclic) bond motifs is 2. The average Bonchev–Trinajstić information content (AvgIpc) is 2.78. The SMILES string of the molecule is CCN1c2ccccc2C(c2ccc(N3CCCCC3)cc2)c2ccccc21. The molecular weight excluding hydrogens is 340 g/mol. The lowest BCUT2D eigenvalue weighted by Crippen LogP contribution is -2.29. The molecule has 0 aliphatic carbocycles. The molecule has 2 aliphatic heterocycles. The largest absolute Gasteiger partial charge is 0.372 e. The lowest BCUT2D eigenvalue weighted by molar-refractivity contribution is 0.578. The average molecular weight is 369 g/mol. The van der Waals surface area contributed by atoms with Gasteiger partial charge in [-0.15, -0.1) is 0 Å². The number of piperidine rings is 1. The predicted octanol–water partition coefficient (Wildman–Crippen LogP) is 6.33. The highest BCUT2D eigenvalue weighted by Gasteiger charge is 2.30. The highest BCUT2D eigenvalue weighted by atomic mass is 15.1. The Balaban J connectivity index is 1.58. The zero-order chi connectivity index (χ0) is 18.9. The molecule has 0 aromatic heterocycles. The van der Waals surface area contributed by atoms with E-state index in [0.717, 1.165) is 6.54 Å². The molecule has 142 valence electrons. The first kappa shape index (κ1) is 17.4. The van der Waals surface area contributed by atoms with Crippen LogP contribution in [-0.4, -0.2) is 19.6 Å².